The summed E-state index contributed by atoms with van der Waals surface area (Å²) in [6.07, 6.45) is 0. The van der Waals surface area contributed by atoms with Gasteiger partial charge in [0.1, 0.15) is 12.4 Å². The molecule has 0 saturated heterocycles. The second-order valence-corrected chi connectivity index (χ2v) is 7.62. The van der Waals surface area contributed by atoms with Crippen molar-refractivity contribution < 1.29 is 4.74 Å². The zero-order valence-electron chi connectivity index (χ0n) is 14.4. The van der Waals surface area contributed by atoms with Gasteiger partial charge in [-0.15, -0.1) is 12.4 Å². The van der Waals surface area contributed by atoms with Crippen LogP contribution in [0.4, 0.5) is 0 Å². The lowest BCUT2D eigenvalue weighted by atomic mass is 10.2. The van der Waals surface area contributed by atoms with Gasteiger partial charge >= 0.3 is 0 Å². The quantitative estimate of drug-likeness (QED) is 0.386. The normalized spacial score (nSPS) is 10.3. The van der Waals surface area contributed by atoms with E-state index < -0.39 is 0 Å². The predicted octanol–water partition coefficient (Wildman–Crippen LogP) is 7.05. The van der Waals surface area contributed by atoms with Crippen LogP contribution in [0.25, 0.3) is 0 Å². The van der Waals surface area contributed by atoms with Gasteiger partial charge in [0.2, 0.25) is 0 Å². The fraction of sp³-hybridized carbons (Fsp3) is 0.143. The minimum absolute atomic E-state index is 0. The molecule has 0 fully saturated rings. The van der Waals surface area contributed by atoms with E-state index in [1.165, 1.54) is 5.56 Å². The predicted molar refractivity (Wildman–Crippen MR) is 119 cm³/mol. The molecule has 2 nitrogen and oxygen atoms in total. The zero-order chi connectivity index (χ0) is 18.4. The molecular formula is C21H19BrCl3NO. The van der Waals surface area contributed by atoms with E-state index in [4.69, 9.17) is 27.9 Å². The van der Waals surface area contributed by atoms with Crippen molar-refractivity contribution in [2.24, 2.45) is 0 Å². The Kier molecular flexibility index (Phi) is 8.94. The number of benzene rings is 3. The Balaban J connectivity index is 0.00000261. The molecule has 27 heavy (non-hydrogen) atoms. The van der Waals surface area contributed by atoms with Gasteiger partial charge in [0.05, 0.1) is 0 Å². The van der Waals surface area contributed by atoms with E-state index >= 15 is 0 Å². The van der Waals surface area contributed by atoms with E-state index in [-0.39, 0.29) is 12.4 Å². The second kappa shape index (κ2) is 10.9. The van der Waals surface area contributed by atoms with E-state index in [1.54, 1.807) is 6.07 Å². The highest BCUT2D eigenvalue weighted by molar-refractivity contribution is 9.10. The molecule has 0 heterocycles. The largest absolute Gasteiger partial charge is 0.489 e. The number of rotatable bonds is 7. The van der Waals surface area contributed by atoms with Crippen LogP contribution in [0.3, 0.4) is 0 Å². The Morgan fingerprint density at radius 2 is 1.63 bits per heavy atom. The first-order valence-corrected chi connectivity index (χ1v) is 9.76. The number of ether oxygens (including phenoxy) is 1. The fourth-order valence-corrected chi connectivity index (χ4v) is 3.43. The van der Waals surface area contributed by atoms with Crippen molar-refractivity contribution in [1.29, 1.82) is 0 Å². The summed E-state index contributed by atoms with van der Waals surface area (Å²) < 4.78 is 7.03. The summed E-state index contributed by atoms with van der Waals surface area (Å²) in [5, 5.41) is 4.69. The van der Waals surface area contributed by atoms with Crippen molar-refractivity contribution in [3.05, 3.63) is 97.9 Å². The molecule has 0 atom stereocenters. The van der Waals surface area contributed by atoms with Crippen LogP contribution in [0.2, 0.25) is 10.0 Å². The Labute approximate surface area is 184 Å². The van der Waals surface area contributed by atoms with Crippen molar-refractivity contribution in [1.82, 2.24) is 5.32 Å². The van der Waals surface area contributed by atoms with Gasteiger partial charge in [0, 0.05) is 38.7 Å². The molecule has 0 aliphatic heterocycles. The molecule has 0 aliphatic carbocycles. The zero-order valence-corrected chi connectivity index (χ0v) is 18.3. The molecule has 0 bridgehead atoms. The van der Waals surface area contributed by atoms with Crippen LogP contribution in [-0.2, 0) is 19.7 Å². The van der Waals surface area contributed by atoms with E-state index in [0.29, 0.717) is 23.2 Å². The van der Waals surface area contributed by atoms with Crippen LogP contribution in [0.1, 0.15) is 16.7 Å². The van der Waals surface area contributed by atoms with Gasteiger partial charge in [-0.1, -0.05) is 75.5 Å². The lowest BCUT2D eigenvalue weighted by Gasteiger charge is -2.14. The Morgan fingerprint density at radius 3 is 2.37 bits per heavy atom. The van der Waals surface area contributed by atoms with Gasteiger partial charge < -0.3 is 10.1 Å². The van der Waals surface area contributed by atoms with Gasteiger partial charge in [-0.2, -0.15) is 0 Å². The monoisotopic (exact) mass is 485 g/mol. The Bertz CT molecular complexity index is 875. The highest BCUT2D eigenvalue weighted by atomic mass is 79.9. The molecule has 3 aromatic rings. The van der Waals surface area contributed by atoms with Gasteiger partial charge in [-0.3, -0.25) is 0 Å². The maximum Gasteiger partial charge on any atom is 0.124 e. The highest BCUT2D eigenvalue weighted by Gasteiger charge is 2.07. The third-order valence-electron chi connectivity index (χ3n) is 3.91. The fourth-order valence-electron chi connectivity index (χ4n) is 2.56. The maximum atomic E-state index is 6.23. The van der Waals surface area contributed by atoms with Crippen molar-refractivity contribution >= 4 is 51.5 Å². The minimum Gasteiger partial charge on any atom is -0.489 e. The summed E-state index contributed by atoms with van der Waals surface area (Å²) in [7, 11) is 0. The van der Waals surface area contributed by atoms with E-state index in [0.717, 1.165) is 27.9 Å². The topological polar surface area (TPSA) is 21.3 Å². The Morgan fingerprint density at radius 1 is 0.852 bits per heavy atom. The molecule has 142 valence electrons. The average Bonchev–Trinajstić information content (AvgIpc) is 2.63. The molecule has 0 aliphatic rings. The molecule has 6 heteroatoms. The standard InChI is InChI=1S/C21H18BrCl2NO.ClH/c22-18-7-9-21(26-14-16-6-8-19(23)11-20(16)24)17(10-18)13-25-12-15-4-2-1-3-5-15;/h1-11,25H,12-14H2;1H. The highest BCUT2D eigenvalue weighted by Crippen LogP contribution is 2.26. The maximum absolute atomic E-state index is 6.23. The van der Waals surface area contributed by atoms with Gasteiger partial charge in [-0.05, 0) is 35.9 Å². The molecule has 0 radical (unpaired) electrons. The molecular weight excluding hydrogens is 469 g/mol. The van der Waals surface area contributed by atoms with Crippen molar-refractivity contribution in [3.63, 3.8) is 0 Å². The first kappa shape index (κ1) is 22.1. The summed E-state index contributed by atoms with van der Waals surface area (Å²) in [6, 6.07) is 21.7. The van der Waals surface area contributed by atoms with E-state index in [9.17, 15) is 0 Å². The molecule has 3 aromatic carbocycles. The lowest BCUT2D eigenvalue weighted by Crippen LogP contribution is -2.13. The molecule has 0 amide bonds. The molecule has 0 saturated carbocycles. The summed E-state index contributed by atoms with van der Waals surface area (Å²) in [6.45, 7) is 1.90. The van der Waals surface area contributed by atoms with Crippen LogP contribution in [0, 0.1) is 0 Å². The molecule has 0 spiro atoms. The third kappa shape index (κ3) is 6.70. The number of hydrogen-bond donors (Lipinski definition) is 1. The average molecular weight is 488 g/mol. The third-order valence-corrected chi connectivity index (χ3v) is 4.99. The summed E-state index contributed by atoms with van der Waals surface area (Å²) in [5.41, 5.74) is 3.24. The van der Waals surface area contributed by atoms with Gasteiger partial charge in [-0.25, -0.2) is 0 Å². The van der Waals surface area contributed by atoms with Crippen LogP contribution in [0.15, 0.2) is 71.2 Å². The molecule has 0 unspecified atom stereocenters. The SMILES string of the molecule is Cl.Clc1ccc(COc2ccc(Br)cc2CNCc2ccccc2)c(Cl)c1. The summed E-state index contributed by atoms with van der Waals surface area (Å²) >= 11 is 15.7. The molecule has 1 N–H and O–H groups in total. The second-order valence-electron chi connectivity index (χ2n) is 5.87. The van der Waals surface area contributed by atoms with E-state index in [1.807, 2.05) is 42.5 Å². The van der Waals surface area contributed by atoms with Crippen molar-refractivity contribution in [2.45, 2.75) is 19.7 Å². The van der Waals surface area contributed by atoms with Crippen LogP contribution in [0.5, 0.6) is 5.75 Å². The first-order chi connectivity index (χ1) is 12.6. The minimum atomic E-state index is 0. The summed E-state index contributed by atoms with van der Waals surface area (Å²) in [4.78, 5) is 0. The molecule has 0 aromatic heterocycles. The van der Waals surface area contributed by atoms with Crippen LogP contribution >= 0.6 is 51.5 Å². The number of hydrogen-bond acceptors (Lipinski definition) is 2. The van der Waals surface area contributed by atoms with Crippen LogP contribution in [-0.4, -0.2) is 0 Å². The van der Waals surface area contributed by atoms with Crippen molar-refractivity contribution in [2.75, 3.05) is 0 Å². The van der Waals surface area contributed by atoms with Crippen molar-refractivity contribution in [3.8, 4) is 5.75 Å². The molecule has 3 rings (SSSR count). The first-order valence-electron chi connectivity index (χ1n) is 8.21. The van der Waals surface area contributed by atoms with Crippen LogP contribution < -0.4 is 10.1 Å². The number of halogens is 4. The van der Waals surface area contributed by atoms with Gasteiger partial charge in [0.15, 0.2) is 0 Å². The smallest absolute Gasteiger partial charge is 0.124 e. The van der Waals surface area contributed by atoms with Gasteiger partial charge in [0.25, 0.3) is 0 Å². The Hall–Kier alpha value is -1.23. The summed E-state index contributed by atoms with van der Waals surface area (Å²) in [5.74, 6) is 0.833. The lowest BCUT2D eigenvalue weighted by molar-refractivity contribution is 0.302. The van der Waals surface area contributed by atoms with E-state index in [2.05, 4.69) is 39.4 Å². The number of nitrogens with one attached hydrogen (secondary N) is 1.